The van der Waals surface area contributed by atoms with Crippen LogP contribution in [-0.4, -0.2) is 12.9 Å². The first-order valence-corrected chi connectivity index (χ1v) is 6.56. The van der Waals surface area contributed by atoms with E-state index in [-0.39, 0.29) is 17.2 Å². The zero-order valence-electron chi connectivity index (χ0n) is 11.8. The number of hydrogen-bond donors (Lipinski definition) is 1. The van der Waals surface area contributed by atoms with Crippen LogP contribution >= 0.6 is 11.6 Å². The number of carbonyl (C=O) groups excluding carboxylic acids is 1. The fraction of sp³-hybridized carbons (Fsp3) is 0.200. The summed E-state index contributed by atoms with van der Waals surface area (Å²) < 4.78 is 10.7. The van der Waals surface area contributed by atoms with Gasteiger partial charge in [0.1, 0.15) is 17.1 Å². The lowest BCUT2D eigenvalue weighted by molar-refractivity contribution is 0.101. The predicted octanol–water partition coefficient (Wildman–Crippen LogP) is 3.56. The summed E-state index contributed by atoms with van der Waals surface area (Å²) in [5, 5.41) is 3.38. The van der Waals surface area contributed by atoms with Crippen LogP contribution in [0.2, 0.25) is 5.02 Å². The number of aryl methyl sites for hydroxylation is 1. The zero-order chi connectivity index (χ0) is 15.6. The molecule has 1 aromatic heterocycles. The summed E-state index contributed by atoms with van der Waals surface area (Å²) in [5.74, 6) is 0.604. The van der Waals surface area contributed by atoms with Gasteiger partial charge in [-0.05, 0) is 32.0 Å². The zero-order valence-corrected chi connectivity index (χ0v) is 12.6. The highest BCUT2D eigenvalue weighted by atomic mass is 35.5. The molecule has 0 radical (unpaired) electrons. The average molecular weight is 308 g/mol. The Morgan fingerprint density at radius 2 is 2.05 bits per heavy atom. The molecule has 1 N–H and O–H groups in total. The molecule has 0 spiro atoms. The molecule has 0 aliphatic rings. The molecule has 0 atom stereocenters. The third kappa shape index (κ3) is 3.25. The van der Waals surface area contributed by atoms with Crippen molar-refractivity contribution in [2.24, 2.45) is 0 Å². The van der Waals surface area contributed by atoms with E-state index in [1.54, 1.807) is 25.1 Å². The number of Topliss-reactive ketones (excluding diaryl/α,β-unsaturated/α-hetero) is 1. The molecule has 1 heterocycles. The molecule has 110 valence electrons. The molecule has 0 saturated heterocycles. The van der Waals surface area contributed by atoms with Gasteiger partial charge in [0, 0.05) is 11.1 Å². The fourth-order valence-electron chi connectivity index (χ4n) is 1.93. The maximum atomic E-state index is 11.9. The minimum absolute atomic E-state index is 0.0392. The number of anilines is 2. The highest BCUT2D eigenvalue weighted by Gasteiger charge is 2.17. The maximum absolute atomic E-state index is 11.9. The quantitative estimate of drug-likeness (QED) is 0.875. The van der Waals surface area contributed by atoms with Crippen molar-refractivity contribution in [3.8, 4) is 5.75 Å². The van der Waals surface area contributed by atoms with E-state index in [2.05, 4.69) is 5.32 Å². The number of ether oxygens (including phenoxy) is 1. The van der Waals surface area contributed by atoms with Crippen LogP contribution in [0.4, 0.5) is 11.6 Å². The first kappa shape index (κ1) is 15.1. The van der Waals surface area contributed by atoms with E-state index in [0.29, 0.717) is 22.2 Å². The molecule has 0 saturated carbocycles. The molecule has 0 aliphatic heterocycles. The van der Waals surface area contributed by atoms with Crippen molar-refractivity contribution < 1.29 is 13.9 Å². The topological polar surface area (TPSA) is 68.5 Å². The Hall–Kier alpha value is -2.27. The predicted molar refractivity (Wildman–Crippen MR) is 81.0 cm³/mol. The van der Waals surface area contributed by atoms with Gasteiger partial charge in [-0.15, -0.1) is 0 Å². The number of benzene rings is 1. The molecule has 0 fully saturated rings. The van der Waals surface area contributed by atoms with Gasteiger partial charge >= 0.3 is 0 Å². The third-order valence-corrected chi connectivity index (χ3v) is 3.07. The number of rotatable bonds is 4. The molecule has 5 nitrogen and oxygen atoms in total. The second kappa shape index (κ2) is 6.01. The number of methoxy groups -OCH3 is 1. The summed E-state index contributed by atoms with van der Waals surface area (Å²) in [6.45, 7) is 2.94. The lowest BCUT2D eigenvalue weighted by Gasteiger charge is -2.13. The van der Waals surface area contributed by atoms with Crippen molar-refractivity contribution in [3.63, 3.8) is 0 Å². The molecular weight excluding hydrogens is 294 g/mol. The van der Waals surface area contributed by atoms with Crippen molar-refractivity contribution in [1.82, 2.24) is 0 Å². The van der Waals surface area contributed by atoms with Crippen LogP contribution in [-0.2, 0) is 0 Å². The smallest absolute Gasteiger partial charge is 0.212 e. The van der Waals surface area contributed by atoms with E-state index >= 15 is 0 Å². The van der Waals surface area contributed by atoms with Crippen molar-refractivity contribution in [2.45, 2.75) is 13.8 Å². The summed E-state index contributed by atoms with van der Waals surface area (Å²) in [7, 11) is 1.51. The number of hydrogen-bond acceptors (Lipinski definition) is 5. The molecule has 21 heavy (non-hydrogen) atoms. The Morgan fingerprint density at radius 1 is 1.33 bits per heavy atom. The Labute approximate surface area is 126 Å². The van der Waals surface area contributed by atoms with Crippen LogP contribution in [0.15, 0.2) is 33.5 Å². The van der Waals surface area contributed by atoms with Gasteiger partial charge in [0.2, 0.25) is 5.88 Å². The summed E-state index contributed by atoms with van der Waals surface area (Å²) in [6, 6.07) is 6.24. The maximum Gasteiger partial charge on any atom is 0.212 e. The Bertz CT molecular complexity index is 752. The SMILES string of the molecule is COc1ccc(Cl)cc1Nc1oc(C)cc(=O)c1C(C)=O. The van der Waals surface area contributed by atoms with E-state index in [0.717, 1.165) is 0 Å². The second-order valence-electron chi connectivity index (χ2n) is 4.45. The molecule has 2 rings (SSSR count). The molecule has 2 aromatic rings. The van der Waals surface area contributed by atoms with Crippen LogP contribution in [0.1, 0.15) is 23.0 Å². The van der Waals surface area contributed by atoms with E-state index in [1.807, 2.05) is 0 Å². The molecular formula is C15H14ClNO4. The standard InChI is InChI=1S/C15H14ClNO4/c1-8-6-12(19)14(9(2)18)15(21-8)17-11-7-10(16)4-5-13(11)20-3/h4-7,17H,1-3H3. The van der Waals surface area contributed by atoms with E-state index in [1.165, 1.54) is 20.1 Å². The van der Waals surface area contributed by atoms with Crippen LogP contribution < -0.4 is 15.5 Å². The summed E-state index contributed by atoms with van der Waals surface area (Å²) in [5.41, 5.74) is 0.0682. The first-order valence-electron chi connectivity index (χ1n) is 6.18. The largest absolute Gasteiger partial charge is 0.495 e. The van der Waals surface area contributed by atoms with E-state index < -0.39 is 5.43 Å². The van der Waals surface area contributed by atoms with Gasteiger partial charge in [-0.2, -0.15) is 0 Å². The number of nitrogens with one attached hydrogen (secondary N) is 1. The minimum atomic E-state index is -0.394. The van der Waals surface area contributed by atoms with Gasteiger partial charge < -0.3 is 14.5 Å². The highest BCUT2D eigenvalue weighted by Crippen LogP contribution is 2.31. The Morgan fingerprint density at radius 3 is 2.67 bits per heavy atom. The average Bonchev–Trinajstić information content (AvgIpc) is 2.37. The van der Waals surface area contributed by atoms with Crippen LogP contribution in [0.25, 0.3) is 0 Å². The molecule has 0 unspecified atom stereocenters. The molecule has 0 aliphatic carbocycles. The van der Waals surface area contributed by atoms with Crippen molar-refractivity contribution in [2.75, 3.05) is 12.4 Å². The van der Waals surface area contributed by atoms with Gasteiger partial charge in [-0.3, -0.25) is 9.59 Å². The fourth-order valence-corrected chi connectivity index (χ4v) is 2.10. The summed E-state index contributed by atoms with van der Waals surface area (Å²) in [4.78, 5) is 23.6. The molecule has 0 amide bonds. The number of halogens is 1. The van der Waals surface area contributed by atoms with Gasteiger partial charge in [0.25, 0.3) is 0 Å². The van der Waals surface area contributed by atoms with Crippen molar-refractivity contribution in [3.05, 3.63) is 50.8 Å². The van der Waals surface area contributed by atoms with Crippen molar-refractivity contribution in [1.29, 1.82) is 0 Å². The van der Waals surface area contributed by atoms with Gasteiger partial charge in [-0.1, -0.05) is 11.6 Å². The van der Waals surface area contributed by atoms with Crippen LogP contribution in [0.3, 0.4) is 0 Å². The van der Waals surface area contributed by atoms with Crippen molar-refractivity contribution >= 4 is 29.0 Å². The molecule has 0 bridgehead atoms. The van der Waals surface area contributed by atoms with Crippen LogP contribution in [0, 0.1) is 6.92 Å². The van der Waals surface area contributed by atoms with Crippen LogP contribution in [0.5, 0.6) is 5.75 Å². The minimum Gasteiger partial charge on any atom is -0.495 e. The third-order valence-electron chi connectivity index (χ3n) is 2.83. The second-order valence-corrected chi connectivity index (χ2v) is 4.89. The van der Waals surface area contributed by atoms with Gasteiger partial charge in [0.15, 0.2) is 11.2 Å². The molecule has 6 heteroatoms. The highest BCUT2D eigenvalue weighted by molar-refractivity contribution is 6.31. The van der Waals surface area contributed by atoms with Gasteiger partial charge in [0.05, 0.1) is 12.8 Å². The Kier molecular flexibility index (Phi) is 4.33. The van der Waals surface area contributed by atoms with Gasteiger partial charge in [-0.25, -0.2) is 0 Å². The lowest BCUT2D eigenvalue weighted by Crippen LogP contribution is -2.15. The summed E-state index contributed by atoms with van der Waals surface area (Å²) in [6.07, 6.45) is 0. The Balaban J connectivity index is 2.56. The van der Waals surface area contributed by atoms with E-state index in [4.69, 9.17) is 20.8 Å². The van der Waals surface area contributed by atoms with E-state index in [9.17, 15) is 9.59 Å². The number of carbonyl (C=O) groups is 1. The molecule has 1 aromatic carbocycles. The number of ketones is 1. The first-order chi connectivity index (χ1) is 9.92. The summed E-state index contributed by atoms with van der Waals surface area (Å²) >= 11 is 5.95. The lowest BCUT2D eigenvalue weighted by atomic mass is 10.1. The monoisotopic (exact) mass is 307 g/mol. The normalized spacial score (nSPS) is 10.3.